The minimum absolute atomic E-state index is 0.0345. The van der Waals surface area contributed by atoms with Crippen LogP contribution in [0.2, 0.25) is 0 Å². The molecule has 0 amide bonds. The minimum atomic E-state index is -4.74. The summed E-state index contributed by atoms with van der Waals surface area (Å²) in [7, 11) is 0. The molecule has 0 N–H and O–H groups in total. The topological polar surface area (TPSA) is 18.5 Å². The van der Waals surface area contributed by atoms with Crippen molar-refractivity contribution >= 4 is 0 Å². The number of benzene rings is 1. The van der Waals surface area contributed by atoms with E-state index in [1.54, 1.807) is 0 Å². The molecule has 1 aromatic rings. The summed E-state index contributed by atoms with van der Waals surface area (Å²) in [4.78, 5) is 0. The van der Waals surface area contributed by atoms with Crippen LogP contribution in [0, 0.1) is 12.3 Å². The Balaban J connectivity index is 2.82. The second kappa shape index (κ2) is 4.60. The molecule has 0 atom stereocenters. The Hall–Kier alpha value is -1.83. The van der Waals surface area contributed by atoms with E-state index in [0.29, 0.717) is 0 Å². The third-order valence-corrected chi connectivity index (χ3v) is 1.39. The zero-order valence-electron chi connectivity index (χ0n) is 7.54. The van der Waals surface area contributed by atoms with Crippen LogP contribution < -0.4 is 9.47 Å². The molecule has 15 heavy (non-hydrogen) atoms. The lowest BCUT2D eigenvalue weighted by atomic mass is 10.3. The van der Waals surface area contributed by atoms with Gasteiger partial charge in [-0.15, -0.1) is 19.6 Å². The number of rotatable bonds is 3. The van der Waals surface area contributed by atoms with Gasteiger partial charge in [-0.1, -0.05) is 18.1 Å². The van der Waals surface area contributed by atoms with Crippen molar-refractivity contribution in [1.29, 1.82) is 0 Å². The normalized spacial score (nSPS) is 10.5. The van der Waals surface area contributed by atoms with E-state index >= 15 is 0 Å². The first-order chi connectivity index (χ1) is 7.03. The van der Waals surface area contributed by atoms with E-state index in [2.05, 4.69) is 10.7 Å². The number of ether oxygens (including phenoxy) is 2. The minimum Gasteiger partial charge on any atom is -0.477 e. The number of para-hydroxylation sites is 2. The van der Waals surface area contributed by atoms with Crippen molar-refractivity contribution in [2.75, 3.05) is 6.61 Å². The van der Waals surface area contributed by atoms with Crippen LogP contribution in [-0.2, 0) is 0 Å². The highest BCUT2D eigenvalue weighted by atomic mass is 19.4. The third kappa shape index (κ3) is 3.81. The van der Waals surface area contributed by atoms with E-state index in [1.165, 1.54) is 18.2 Å². The van der Waals surface area contributed by atoms with Gasteiger partial charge in [0.25, 0.3) is 0 Å². The molecule has 0 radical (unpaired) electrons. The van der Waals surface area contributed by atoms with E-state index in [1.807, 2.05) is 0 Å². The molecule has 0 spiro atoms. The first-order valence-corrected chi connectivity index (χ1v) is 3.94. The van der Waals surface area contributed by atoms with Gasteiger partial charge in [0, 0.05) is 0 Å². The number of terminal acetylenes is 1. The largest absolute Gasteiger partial charge is 0.573 e. The van der Waals surface area contributed by atoms with Gasteiger partial charge in [-0.2, -0.15) is 0 Å². The Bertz CT molecular complexity index is 366. The van der Waals surface area contributed by atoms with E-state index in [4.69, 9.17) is 11.2 Å². The molecule has 0 fully saturated rings. The molecule has 0 saturated carbocycles. The van der Waals surface area contributed by atoms with Crippen LogP contribution in [0.15, 0.2) is 24.3 Å². The van der Waals surface area contributed by atoms with Gasteiger partial charge < -0.3 is 9.47 Å². The molecule has 0 saturated heterocycles. The Labute approximate surface area is 84.6 Å². The van der Waals surface area contributed by atoms with Crippen LogP contribution in [0.4, 0.5) is 13.2 Å². The van der Waals surface area contributed by atoms with Gasteiger partial charge in [0.2, 0.25) is 0 Å². The summed E-state index contributed by atoms with van der Waals surface area (Å²) in [5, 5.41) is 0. The summed E-state index contributed by atoms with van der Waals surface area (Å²) in [5.74, 6) is 1.71. The summed E-state index contributed by atoms with van der Waals surface area (Å²) in [5.41, 5.74) is 0. The fourth-order valence-electron chi connectivity index (χ4n) is 0.898. The van der Waals surface area contributed by atoms with Gasteiger partial charge in [0.15, 0.2) is 11.5 Å². The highest BCUT2D eigenvalue weighted by Crippen LogP contribution is 2.31. The maximum atomic E-state index is 11.9. The second-order valence-electron chi connectivity index (χ2n) is 2.49. The van der Waals surface area contributed by atoms with Gasteiger partial charge in [-0.3, -0.25) is 0 Å². The molecule has 1 aromatic carbocycles. The lowest BCUT2D eigenvalue weighted by Crippen LogP contribution is -2.17. The second-order valence-corrected chi connectivity index (χ2v) is 2.49. The summed E-state index contributed by atoms with van der Waals surface area (Å²) < 4.78 is 44.4. The van der Waals surface area contributed by atoms with Gasteiger partial charge >= 0.3 is 6.36 Å². The zero-order chi connectivity index (χ0) is 11.3. The molecule has 0 heterocycles. The molecule has 0 aromatic heterocycles. The van der Waals surface area contributed by atoms with E-state index in [0.717, 1.165) is 6.07 Å². The van der Waals surface area contributed by atoms with Crippen LogP contribution in [0.1, 0.15) is 0 Å². The first kappa shape index (κ1) is 11.2. The predicted octanol–water partition coefficient (Wildman–Crippen LogP) is 2.60. The lowest BCUT2D eigenvalue weighted by molar-refractivity contribution is -0.275. The molecule has 1 rings (SSSR count). The van der Waals surface area contributed by atoms with Crippen molar-refractivity contribution in [3.63, 3.8) is 0 Å². The maximum Gasteiger partial charge on any atom is 0.573 e. The highest BCUT2D eigenvalue weighted by Gasteiger charge is 2.32. The smallest absolute Gasteiger partial charge is 0.477 e. The number of halogens is 3. The summed E-state index contributed by atoms with van der Waals surface area (Å²) in [6, 6.07) is 5.43. The Kier molecular flexibility index (Phi) is 3.45. The fourth-order valence-corrected chi connectivity index (χ4v) is 0.898. The molecule has 0 aliphatic heterocycles. The van der Waals surface area contributed by atoms with Crippen molar-refractivity contribution < 1.29 is 22.6 Å². The fraction of sp³-hybridized carbons (Fsp3) is 0.200. The van der Waals surface area contributed by atoms with Crippen LogP contribution in [0.5, 0.6) is 11.5 Å². The maximum absolute atomic E-state index is 11.9. The quantitative estimate of drug-likeness (QED) is 0.723. The van der Waals surface area contributed by atoms with Crippen molar-refractivity contribution in [2.45, 2.75) is 6.36 Å². The Morgan fingerprint density at radius 2 is 1.80 bits per heavy atom. The highest BCUT2D eigenvalue weighted by molar-refractivity contribution is 5.39. The van der Waals surface area contributed by atoms with E-state index in [9.17, 15) is 13.2 Å². The zero-order valence-corrected chi connectivity index (χ0v) is 7.54. The predicted molar refractivity (Wildman–Crippen MR) is 47.5 cm³/mol. The third-order valence-electron chi connectivity index (χ3n) is 1.39. The van der Waals surface area contributed by atoms with Crippen LogP contribution in [0.25, 0.3) is 0 Å². The molecular weight excluding hydrogens is 209 g/mol. The molecule has 0 unspecified atom stereocenters. The SMILES string of the molecule is C#CCOc1ccccc1OC(F)(F)F. The summed E-state index contributed by atoms with van der Waals surface area (Å²) in [6.07, 6.45) is 0.175. The van der Waals surface area contributed by atoms with Crippen molar-refractivity contribution in [3.05, 3.63) is 24.3 Å². The van der Waals surface area contributed by atoms with Gasteiger partial charge in [0.1, 0.15) is 6.61 Å². The van der Waals surface area contributed by atoms with E-state index < -0.39 is 12.1 Å². The van der Waals surface area contributed by atoms with Crippen LogP contribution >= 0.6 is 0 Å². The average molecular weight is 216 g/mol. The van der Waals surface area contributed by atoms with Gasteiger partial charge in [0.05, 0.1) is 0 Å². The molecule has 80 valence electrons. The molecule has 0 aliphatic carbocycles. The molecule has 0 bridgehead atoms. The standard InChI is InChI=1S/C10H7F3O2/c1-2-7-14-8-5-3-4-6-9(8)15-10(11,12)13/h1,3-6H,7H2. The number of hydrogen-bond acceptors (Lipinski definition) is 2. The first-order valence-electron chi connectivity index (χ1n) is 3.94. The lowest BCUT2D eigenvalue weighted by Gasteiger charge is -2.12. The van der Waals surface area contributed by atoms with E-state index in [-0.39, 0.29) is 12.4 Å². The van der Waals surface area contributed by atoms with Crippen LogP contribution in [-0.4, -0.2) is 13.0 Å². The van der Waals surface area contributed by atoms with Gasteiger partial charge in [-0.05, 0) is 12.1 Å². The molecule has 0 aliphatic rings. The Morgan fingerprint density at radius 1 is 1.20 bits per heavy atom. The monoisotopic (exact) mass is 216 g/mol. The van der Waals surface area contributed by atoms with Crippen molar-refractivity contribution in [3.8, 4) is 23.8 Å². The average Bonchev–Trinajstić information content (AvgIpc) is 2.14. The van der Waals surface area contributed by atoms with Crippen molar-refractivity contribution in [2.24, 2.45) is 0 Å². The van der Waals surface area contributed by atoms with Crippen LogP contribution in [0.3, 0.4) is 0 Å². The van der Waals surface area contributed by atoms with Crippen molar-refractivity contribution in [1.82, 2.24) is 0 Å². The molecular formula is C10H7F3O2. The number of alkyl halides is 3. The summed E-state index contributed by atoms with van der Waals surface area (Å²) >= 11 is 0. The molecule has 2 nitrogen and oxygen atoms in total. The number of hydrogen-bond donors (Lipinski definition) is 0. The van der Waals surface area contributed by atoms with Gasteiger partial charge in [-0.25, -0.2) is 0 Å². The molecule has 5 heteroatoms. The summed E-state index contributed by atoms with van der Waals surface area (Å²) in [6.45, 7) is -0.113. The Morgan fingerprint density at radius 3 is 2.33 bits per heavy atom.